The third-order valence-corrected chi connectivity index (χ3v) is 8.95. The van der Waals surface area contributed by atoms with Crippen LogP contribution in [0.2, 0.25) is 0 Å². The summed E-state index contributed by atoms with van der Waals surface area (Å²) in [5.41, 5.74) is 9.31. The molecular weight excluding hydrogens is 494 g/mol. The molecule has 0 aliphatic heterocycles. The van der Waals surface area contributed by atoms with Gasteiger partial charge < -0.3 is 5.32 Å². The fourth-order valence-corrected chi connectivity index (χ4v) is 5.92. The van der Waals surface area contributed by atoms with Gasteiger partial charge in [-0.15, -0.1) is 0 Å². The molecule has 3 rings (SSSR count). The first-order valence-electron chi connectivity index (χ1n) is 16.3. The van der Waals surface area contributed by atoms with Crippen LogP contribution < -0.4 is 5.32 Å². The van der Waals surface area contributed by atoms with Crippen LogP contribution in [0.25, 0.3) is 0 Å². The van der Waals surface area contributed by atoms with Gasteiger partial charge in [-0.2, -0.15) is 0 Å². The van der Waals surface area contributed by atoms with Gasteiger partial charge in [0, 0.05) is 17.7 Å². The van der Waals surface area contributed by atoms with Gasteiger partial charge in [0.2, 0.25) is 0 Å². The Bertz CT molecular complexity index is 1120. The Hall–Kier alpha value is -3.06. The van der Waals surface area contributed by atoms with Crippen LogP contribution in [0.15, 0.2) is 103 Å². The van der Waals surface area contributed by atoms with E-state index in [0.29, 0.717) is 5.92 Å². The van der Waals surface area contributed by atoms with Crippen molar-refractivity contribution in [2.75, 3.05) is 6.54 Å². The average molecular weight is 550 g/mol. The molecule has 0 saturated heterocycles. The third-order valence-electron chi connectivity index (χ3n) is 8.95. The normalized spacial score (nSPS) is 12.2. The van der Waals surface area contributed by atoms with Gasteiger partial charge in [-0.3, -0.25) is 0 Å². The Labute approximate surface area is 252 Å². The minimum Gasteiger partial charge on any atom is -0.389 e. The number of nitrogens with one attached hydrogen (secondary N) is 1. The maximum atomic E-state index is 4.34. The lowest BCUT2D eigenvalue weighted by Crippen LogP contribution is -2.31. The fourth-order valence-electron chi connectivity index (χ4n) is 5.92. The lowest BCUT2D eigenvalue weighted by molar-refractivity contribution is 0.427. The summed E-state index contributed by atoms with van der Waals surface area (Å²) in [5, 5.41) is 3.68. The number of rotatable bonds is 19. The topological polar surface area (TPSA) is 12.0 Å². The van der Waals surface area contributed by atoms with E-state index in [1.54, 1.807) is 0 Å². The third kappa shape index (κ3) is 9.49. The zero-order chi connectivity index (χ0) is 29.5. The summed E-state index contributed by atoms with van der Waals surface area (Å²) in [7, 11) is 0. The van der Waals surface area contributed by atoms with E-state index >= 15 is 0 Å². The van der Waals surface area contributed by atoms with Crippen molar-refractivity contribution in [2.24, 2.45) is 5.92 Å². The highest BCUT2D eigenvalue weighted by Gasteiger charge is 2.36. The summed E-state index contributed by atoms with van der Waals surface area (Å²) < 4.78 is 0. The summed E-state index contributed by atoms with van der Waals surface area (Å²) >= 11 is 0. The molecule has 1 nitrogen and oxygen atoms in total. The second-order valence-electron chi connectivity index (χ2n) is 12.0. The Balaban J connectivity index is 1.71. The van der Waals surface area contributed by atoms with E-state index in [-0.39, 0.29) is 5.41 Å². The molecule has 220 valence electrons. The Morgan fingerprint density at radius 1 is 0.683 bits per heavy atom. The summed E-state index contributed by atoms with van der Waals surface area (Å²) in [4.78, 5) is 0. The Morgan fingerprint density at radius 3 is 1.71 bits per heavy atom. The number of aryl methyl sites for hydroxylation is 2. The van der Waals surface area contributed by atoms with E-state index in [2.05, 4.69) is 125 Å². The second-order valence-corrected chi connectivity index (χ2v) is 12.0. The molecule has 1 heteroatoms. The first kappa shape index (κ1) is 32.5. The van der Waals surface area contributed by atoms with Gasteiger partial charge in [0.25, 0.3) is 0 Å². The van der Waals surface area contributed by atoms with Gasteiger partial charge >= 0.3 is 0 Å². The van der Waals surface area contributed by atoms with E-state index in [0.717, 1.165) is 45.1 Å². The minimum atomic E-state index is -0.186. The van der Waals surface area contributed by atoms with E-state index in [9.17, 15) is 0 Å². The first-order chi connectivity index (χ1) is 19.9. The lowest BCUT2D eigenvalue weighted by atomic mass is 9.66. The molecule has 1 atom stereocenters. The monoisotopic (exact) mass is 549 g/mol. The maximum Gasteiger partial charge on any atom is 0.0451 e. The largest absolute Gasteiger partial charge is 0.389 e. The molecule has 0 aliphatic rings. The Kier molecular flexibility index (Phi) is 13.5. The van der Waals surface area contributed by atoms with Crippen LogP contribution in [-0.4, -0.2) is 6.54 Å². The molecule has 0 fully saturated rings. The van der Waals surface area contributed by atoms with Crippen molar-refractivity contribution in [3.05, 3.63) is 131 Å². The zero-order valence-electron chi connectivity index (χ0n) is 26.5. The molecule has 0 aromatic heterocycles. The van der Waals surface area contributed by atoms with Crippen molar-refractivity contribution >= 4 is 0 Å². The highest BCUT2D eigenvalue weighted by Crippen LogP contribution is 2.44. The molecule has 1 unspecified atom stereocenters. The molecule has 3 aromatic rings. The highest BCUT2D eigenvalue weighted by molar-refractivity contribution is 5.51. The number of hydrogen-bond acceptors (Lipinski definition) is 1. The molecule has 0 saturated carbocycles. The molecule has 0 aliphatic carbocycles. The van der Waals surface area contributed by atoms with Gasteiger partial charge in [-0.25, -0.2) is 0 Å². The second kappa shape index (κ2) is 17.0. The summed E-state index contributed by atoms with van der Waals surface area (Å²) in [5.74, 6) is 0.541. The molecular formula is C40H55N. The predicted molar refractivity (Wildman–Crippen MR) is 181 cm³/mol. The number of hydrogen-bond donors (Lipinski definition) is 1. The zero-order valence-corrected chi connectivity index (χ0v) is 26.5. The fraction of sp³-hybridized carbons (Fsp3) is 0.450. The smallest absolute Gasteiger partial charge is 0.0451 e. The minimum absolute atomic E-state index is 0.186. The lowest BCUT2D eigenvalue weighted by Gasteiger charge is -2.37. The van der Waals surface area contributed by atoms with Crippen molar-refractivity contribution < 1.29 is 0 Å². The summed E-state index contributed by atoms with van der Waals surface area (Å²) in [6.45, 7) is 18.5. The van der Waals surface area contributed by atoms with Gasteiger partial charge in [-0.1, -0.05) is 138 Å². The van der Waals surface area contributed by atoms with Gasteiger partial charge in [-0.05, 0) is 91.5 Å². The molecule has 0 radical (unpaired) electrons. The SMILES string of the molecule is C=C(CC)CCCCCCC(=C)NCC(C)CCC(c1ccccc1)(c1ccc(CC)cc1)c1ccc(CC)cc1. The summed E-state index contributed by atoms with van der Waals surface area (Å²) in [6, 6.07) is 30.0. The highest BCUT2D eigenvalue weighted by atomic mass is 14.9. The van der Waals surface area contributed by atoms with Crippen LogP contribution in [0.5, 0.6) is 0 Å². The van der Waals surface area contributed by atoms with Crippen LogP contribution >= 0.6 is 0 Å². The summed E-state index contributed by atoms with van der Waals surface area (Å²) in [6.07, 6.45) is 12.7. The first-order valence-corrected chi connectivity index (χ1v) is 16.3. The van der Waals surface area contributed by atoms with Crippen molar-refractivity contribution in [2.45, 2.75) is 104 Å². The standard InChI is InChI=1S/C40H55N/c1-7-32(4)17-13-10-11-14-18-34(6)41-31-33(5)29-30-40(37-19-15-12-16-20-37,38-25-21-35(8-2)22-26-38)39-27-23-36(9-3)24-28-39/h12,15-16,19-28,33,41H,4,6-11,13-14,17-18,29-31H2,1-3,5H3. The van der Waals surface area contributed by atoms with Crippen LogP contribution in [0, 0.1) is 5.92 Å². The number of benzene rings is 3. The quantitative estimate of drug-likeness (QED) is 0.0890. The maximum absolute atomic E-state index is 4.34. The van der Waals surface area contributed by atoms with Crippen LogP contribution in [0.4, 0.5) is 0 Å². The molecule has 3 aromatic carbocycles. The van der Waals surface area contributed by atoms with Gasteiger partial charge in [0.15, 0.2) is 0 Å². The van der Waals surface area contributed by atoms with Gasteiger partial charge in [0.05, 0.1) is 0 Å². The molecule has 0 spiro atoms. The molecule has 0 amide bonds. The van der Waals surface area contributed by atoms with Crippen LogP contribution in [0.3, 0.4) is 0 Å². The van der Waals surface area contributed by atoms with Crippen molar-refractivity contribution in [1.82, 2.24) is 5.32 Å². The van der Waals surface area contributed by atoms with E-state index in [1.165, 1.54) is 71.2 Å². The molecule has 41 heavy (non-hydrogen) atoms. The van der Waals surface area contributed by atoms with Crippen molar-refractivity contribution in [1.29, 1.82) is 0 Å². The number of unbranched alkanes of at least 4 members (excludes halogenated alkanes) is 3. The van der Waals surface area contributed by atoms with Crippen molar-refractivity contribution in [3.63, 3.8) is 0 Å². The Morgan fingerprint density at radius 2 is 1.20 bits per heavy atom. The van der Waals surface area contributed by atoms with Crippen LogP contribution in [0.1, 0.15) is 113 Å². The van der Waals surface area contributed by atoms with Crippen molar-refractivity contribution in [3.8, 4) is 0 Å². The molecule has 1 N–H and O–H groups in total. The molecule has 0 bridgehead atoms. The molecule has 0 heterocycles. The van der Waals surface area contributed by atoms with E-state index in [1.807, 2.05) is 0 Å². The van der Waals surface area contributed by atoms with E-state index in [4.69, 9.17) is 0 Å². The van der Waals surface area contributed by atoms with E-state index < -0.39 is 0 Å². The average Bonchev–Trinajstić information content (AvgIpc) is 3.02. The van der Waals surface area contributed by atoms with Crippen LogP contribution in [-0.2, 0) is 18.3 Å². The predicted octanol–water partition coefficient (Wildman–Crippen LogP) is 11.0. The number of allylic oxidation sites excluding steroid dienone is 2. The van der Waals surface area contributed by atoms with Gasteiger partial charge in [0.1, 0.15) is 0 Å².